The van der Waals surface area contributed by atoms with Crippen molar-refractivity contribution in [3.8, 4) is 0 Å². The van der Waals surface area contributed by atoms with Crippen LogP contribution < -0.4 is 0 Å². The number of hydrogen-bond acceptors (Lipinski definition) is 6. The summed E-state index contributed by atoms with van der Waals surface area (Å²) >= 11 is 0. The van der Waals surface area contributed by atoms with Gasteiger partial charge < -0.3 is 0 Å². The van der Waals surface area contributed by atoms with Crippen molar-refractivity contribution >= 4 is 25.8 Å². The Hall–Kier alpha value is -2.07. The van der Waals surface area contributed by atoms with Gasteiger partial charge >= 0.3 is 0 Å². The molecule has 0 spiro atoms. The topological polar surface area (TPSA) is 74.8 Å². The van der Waals surface area contributed by atoms with E-state index in [0.29, 0.717) is 13.1 Å². The molecule has 2 saturated heterocycles. The van der Waals surface area contributed by atoms with Crippen molar-refractivity contribution in [2.75, 3.05) is 44.2 Å². The summed E-state index contributed by atoms with van der Waals surface area (Å²) < 4.78 is 65.3. The smallest absolute Gasteiger partial charge is 0.183 e. The first-order chi connectivity index (χ1) is 15.7. The van der Waals surface area contributed by atoms with Gasteiger partial charge in [0.15, 0.2) is 19.7 Å². The molecule has 0 saturated carbocycles. The van der Waals surface area contributed by atoms with Crippen LogP contribution in [0.5, 0.6) is 0 Å². The number of piperazine rings is 1. The van der Waals surface area contributed by atoms with Gasteiger partial charge in [-0.25, -0.2) is 21.2 Å². The van der Waals surface area contributed by atoms with Crippen molar-refractivity contribution < 1.29 is 21.2 Å². The standard InChI is InChI=1S/C24H29FN2O4S2/c1-19-16-21(9-10-22(19)25)33(30,31)24-18-32(28,29)17-23(24)27-14-12-26(13-15-27)11-5-8-20-6-3-2-4-7-20/h2-10,16,23-24H,11-15,17-18H2,1H3. The average molecular weight is 493 g/mol. The molecule has 0 amide bonds. The molecule has 2 aromatic rings. The molecule has 2 fully saturated rings. The molecule has 0 aromatic heterocycles. The summed E-state index contributed by atoms with van der Waals surface area (Å²) in [5.74, 6) is -1.04. The summed E-state index contributed by atoms with van der Waals surface area (Å²) in [6.45, 7) is 4.96. The number of hydrogen-bond donors (Lipinski definition) is 0. The van der Waals surface area contributed by atoms with Gasteiger partial charge in [0.05, 0.1) is 21.7 Å². The molecule has 2 heterocycles. The van der Waals surface area contributed by atoms with Crippen LogP contribution in [0.25, 0.3) is 6.08 Å². The van der Waals surface area contributed by atoms with Crippen molar-refractivity contribution in [1.29, 1.82) is 0 Å². The molecular formula is C24H29FN2O4S2. The Morgan fingerprint density at radius 2 is 1.73 bits per heavy atom. The second-order valence-corrected chi connectivity index (χ2v) is 13.1. The lowest BCUT2D eigenvalue weighted by molar-refractivity contribution is 0.113. The molecule has 6 nitrogen and oxygen atoms in total. The highest BCUT2D eigenvalue weighted by Crippen LogP contribution is 2.30. The molecule has 178 valence electrons. The normalized spacial score (nSPS) is 24.4. The number of aryl methyl sites for hydroxylation is 1. The number of sulfone groups is 2. The van der Waals surface area contributed by atoms with Gasteiger partial charge in [0, 0.05) is 38.8 Å². The second kappa shape index (κ2) is 9.66. The lowest BCUT2D eigenvalue weighted by Gasteiger charge is -2.39. The van der Waals surface area contributed by atoms with Gasteiger partial charge in [-0.15, -0.1) is 0 Å². The average Bonchev–Trinajstić information content (AvgIpc) is 3.13. The molecule has 0 N–H and O–H groups in total. The highest BCUT2D eigenvalue weighted by molar-refractivity contribution is 7.96. The maximum absolute atomic E-state index is 13.7. The third kappa shape index (κ3) is 5.54. The van der Waals surface area contributed by atoms with E-state index in [0.717, 1.165) is 31.3 Å². The number of benzene rings is 2. The van der Waals surface area contributed by atoms with Crippen LogP contribution in [0.2, 0.25) is 0 Å². The van der Waals surface area contributed by atoms with Gasteiger partial charge in [-0.2, -0.15) is 0 Å². The molecule has 9 heteroatoms. The maximum Gasteiger partial charge on any atom is 0.183 e. The first-order valence-corrected chi connectivity index (χ1v) is 14.4. The van der Waals surface area contributed by atoms with Crippen LogP contribution in [0.4, 0.5) is 4.39 Å². The molecule has 0 aliphatic carbocycles. The van der Waals surface area contributed by atoms with Crippen LogP contribution in [0.1, 0.15) is 11.1 Å². The maximum atomic E-state index is 13.7. The Morgan fingerprint density at radius 3 is 2.39 bits per heavy atom. The summed E-state index contributed by atoms with van der Waals surface area (Å²) in [6.07, 6.45) is 4.18. The zero-order valence-electron chi connectivity index (χ0n) is 18.6. The van der Waals surface area contributed by atoms with E-state index in [9.17, 15) is 21.2 Å². The van der Waals surface area contributed by atoms with Crippen molar-refractivity contribution in [1.82, 2.24) is 9.80 Å². The molecule has 2 atom stereocenters. The Morgan fingerprint density at radius 1 is 1.03 bits per heavy atom. The van der Waals surface area contributed by atoms with E-state index in [1.807, 2.05) is 35.2 Å². The Balaban J connectivity index is 1.44. The summed E-state index contributed by atoms with van der Waals surface area (Å²) in [5, 5.41) is -1.04. The lowest BCUT2D eigenvalue weighted by atomic mass is 10.1. The van der Waals surface area contributed by atoms with E-state index in [1.54, 1.807) is 0 Å². The zero-order valence-corrected chi connectivity index (χ0v) is 20.2. The summed E-state index contributed by atoms with van der Waals surface area (Å²) in [5.41, 5.74) is 1.36. The molecule has 0 bridgehead atoms. The summed E-state index contributed by atoms with van der Waals surface area (Å²) in [6, 6.07) is 13.1. The summed E-state index contributed by atoms with van der Waals surface area (Å²) in [4.78, 5) is 4.26. The van der Waals surface area contributed by atoms with Crippen LogP contribution >= 0.6 is 0 Å². The van der Waals surface area contributed by atoms with E-state index >= 15 is 0 Å². The first-order valence-electron chi connectivity index (χ1n) is 11.0. The van der Waals surface area contributed by atoms with Crippen LogP contribution in [-0.4, -0.2) is 82.2 Å². The van der Waals surface area contributed by atoms with Crippen molar-refractivity contribution in [3.63, 3.8) is 0 Å². The monoisotopic (exact) mass is 492 g/mol. The minimum absolute atomic E-state index is 0.0156. The molecule has 33 heavy (non-hydrogen) atoms. The predicted octanol–water partition coefficient (Wildman–Crippen LogP) is 2.40. The van der Waals surface area contributed by atoms with Crippen LogP contribution in [-0.2, 0) is 19.7 Å². The number of rotatable bonds is 6. The number of nitrogens with zero attached hydrogens (tertiary/aromatic N) is 2. The fourth-order valence-electron chi connectivity index (χ4n) is 4.58. The largest absolute Gasteiger partial charge is 0.297 e. The minimum atomic E-state index is -3.92. The van der Waals surface area contributed by atoms with Crippen LogP contribution in [0.3, 0.4) is 0 Å². The summed E-state index contributed by atoms with van der Waals surface area (Å²) in [7, 11) is -7.40. The van der Waals surface area contributed by atoms with Crippen molar-refractivity contribution in [2.45, 2.75) is 23.1 Å². The van der Waals surface area contributed by atoms with Gasteiger partial charge in [0.2, 0.25) is 0 Å². The van der Waals surface area contributed by atoms with Crippen molar-refractivity contribution in [2.24, 2.45) is 0 Å². The van der Waals surface area contributed by atoms with Gasteiger partial charge in [-0.1, -0.05) is 42.5 Å². The molecule has 2 aromatic carbocycles. The van der Waals surface area contributed by atoms with E-state index < -0.39 is 42.5 Å². The van der Waals surface area contributed by atoms with E-state index in [1.165, 1.54) is 19.1 Å². The highest BCUT2D eigenvalue weighted by Gasteiger charge is 2.48. The van der Waals surface area contributed by atoms with Gasteiger partial charge in [0.25, 0.3) is 0 Å². The van der Waals surface area contributed by atoms with Gasteiger partial charge in [-0.3, -0.25) is 9.80 Å². The van der Waals surface area contributed by atoms with E-state index in [2.05, 4.69) is 17.1 Å². The molecule has 2 aliphatic rings. The Kier molecular flexibility index (Phi) is 7.04. The third-order valence-corrected chi connectivity index (χ3v) is 10.6. The highest BCUT2D eigenvalue weighted by atomic mass is 32.2. The van der Waals surface area contributed by atoms with Gasteiger partial charge in [0.1, 0.15) is 5.82 Å². The molecular weight excluding hydrogens is 463 g/mol. The fourth-order valence-corrected chi connectivity index (χ4v) is 9.50. The van der Waals surface area contributed by atoms with Crippen LogP contribution in [0.15, 0.2) is 59.5 Å². The first kappa shape index (κ1) is 24.1. The molecule has 2 unspecified atom stereocenters. The molecule has 0 radical (unpaired) electrons. The Labute approximate surface area is 195 Å². The predicted molar refractivity (Wildman–Crippen MR) is 128 cm³/mol. The van der Waals surface area contributed by atoms with Gasteiger partial charge in [-0.05, 0) is 36.2 Å². The molecule has 4 rings (SSSR count). The Bertz CT molecular complexity index is 1220. The number of halogens is 1. The SMILES string of the molecule is Cc1cc(S(=O)(=O)C2CS(=O)(=O)CC2N2CCN(CC=Cc3ccccc3)CC2)ccc1F. The lowest BCUT2D eigenvalue weighted by Crippen LogP contribution is -2.54. The zero-order chi connectivity index (χ0) is 23.6. The van der Waals surface area contributed by atoms with E-state index in [-0.39, 0.29) is 16.2 Å². The molecule has 2 aliphatic heterocycles. The fraction of sp³-hybridized carbons (Fsp3) is 0.417. The quantitative estimate of drug-likeness (QED) is 0.577. The van der Waals surface area contributed by atoms with E-state index in [4.69, 9.17) is 0 Å². The van der Waals surface area contributed by atoms with Crippen LogP contribution in [0, 0.1) is 12.7 Å². The minimum Gasteiger partial charge on any atom is -0.297 e. The van der Waals surface area contributed by atoms with Crippen molar-refractivity contribution in [3.05, 3.63) is 71.6 Å². The third-order valence-electron chi connectivity index (χ3n) is 6.48. The second-order valence-electron chi connectivity index (χ2n) is 8.79.